The van der Waals surface area contributed by atoms with E-state index in [2.05, 4.69) is 52.7 Å². The van der Waals surface area contributed by atoms with Crippen molar-refractivity contribution in [1.29, 1.82) is 0 Å². The number of aryl methyl sites for hydroxylation is 2. The van der Waals surface area contributed by atoms with Gasteiger partial charge in [-0.3, -0.25) is 9.48 Å². The Balaban J connectivity index is 1.40. The predicted molar refractivity (Wildman–Crippen MR) is 111 cm³/mol. The molecule has 1 fully saturated rings. The first-order valence-corrected chi connectivity index (χ1v) is 9.91. The van der Waals surface area contributed by atoms with E-state index in [-0.39, 0.29) is 12.0 Å². The minimum absolute atomic E-state index is 0.0953. The van der Waals surface area contributed by atoms with Gasteiger partial charge in [-0.1, -0.05) is 41.1 Å². The Kier molecular flexibility index (Phi) is 4.55. The summed E-state index contributed by atoms with van der Waals surface area (Å²) in [4.78, 5) is 14.5. The molecule has 1 amide bonds. The van der Waals surface area contributed by atoms with Crippen molar-refractivity contribution in [1.82, 2.24) is 29.5 Å². The molecule has 1 aliphatic heterocycles. The van der Waals surface area contributed by atoms with Crippen LogP contribution in [0.5, 0.6) is 0 Å². The number of benzene rings is 1. The summed E-state index contributed by atoms with van der Waals surface area (Å²) in [6.07, 6.45) is 3.41. The van der Waals surface area contributed by atoms with E-state index in [9.17, 15) is 4.79 Å². The van der Waals surface area contributed by atoms with Crippen LogP contribution in [0, 0.1) is 6.92 Å². The first-order valence-electron chi connectivity index (χ1n) is 9.91. The fraction of sp³-hybridized carbons (Fsp3) is 0.273. The number of fused-ring (bicyclic) bond motifs is 1. The van der Waals surface area contributed by atoms with Gasteiger partial charge in [0.1, 0.15) is 17.5 Å². The van der Waals surface area contributed by atoms with Gasteiger partial charge >= 0.3 is 0 Å². The molecule has 0 aliphatic carbocycles. The average Bonchev–Trinajstić information content (AvgIpc) is 3.39. The van der Waals surface area contributed by atoms with E-state index in [1.54, 1.807) is 33.4 Å². The summed E-state index contributed by atoms with van der Waals surface area (Å²) in [5.74, 6) is -0.0953. The van der Waals surface area contributed by atoms with Crippen LogP contribution in [-0.4, -0.2) is 55.1 Å². The summed E-state index contributed by atoms with van der Waals surface area (Å²) in [6.45, 7) is 3.47. The Labute approximate surface area is 173 Å². The van der Waals surface area contributed by atoms with Crippen molar-refractivity contribution in [3.05, 3.63) is 71.8 Å². The summed E-state index contributed by atoms with van der Waals surface area (Å²) >= 11 is 0. The lowest BCUT2D eigenvalue weighted by molar-refractivity contribution is -0.0243. The van der Waals surface area contributed by atoms with E-state index in [4.69, 9.17) is 4.74 Å². The fourth-order valence-electron chi connectivity index (χ4n) is 3.75. The summed E-state index contributed by atoms with van der Waals surface area (Å²) in [6, 6.07) is 14.2. The van der Waals surface area contributed by atoms with Gasteiger partial charge in [0.15, 0.2) is 0 Å². The molecule has 0 N–H and O–H groups in total. The van der Waals surface area contributed by atoms with Crippen LogP contribution in [-0.2, 0) is 11.8 Å². The number of aromatic nitrogens is 5. The molecular formula is C22H22N6O2. The van der Waals surface area contributed by atoms with Gasteiger partial charge < -0.3 is 9.64 Å². The van der Waals surface area contributed by atoms with Crippen molar-refractivity contribution in [2.75, 3.05) is 19.7 Å². The summed E-state index contributed by atoms with van der Waals surface area (Å²) < 4.78 is 9.34. The molecule has 8 nitrogen and oxygen atoms in total. The van der Waals surface area contributed by atoms with Crippen molar-refractivity contribution in [3.63, 3.8) is 0 Å². The topological polar surface area (TPSA) is 77.5 Å². The van der Waals surface area contributed by atoms with E-state index in [1.807, 2.05) is 12.3 Å². The maximum Gasteiger partial charge on any atom is 0.274 e. The highest BCUT2D eigenvalue weighted by Crippen LogP contribution is 2.27. The van der Waals surface area contributed by atoms with Gasteiger partial charge in [-0.25, -0.2) is 4.52 Å². The predicted octanol–water partition coefficient (Wildman–Crippen LogP) is 2.65. The molecule has 1 unspecified atom stereocenters. The minimum Gasteiger partial charge on any atom is -0.368 e. The molecular weight excluding hydrogens is 380 g/mol. The molecule has 0 radical (unpaired) electrons. The van der Waals surface area contributed by atoms with Gasteiger partial charge in [-0.15, -0.1) is 5.10 Å². The van der Waals surface area contributed by atoms with E-state index >= 15 is 0 Å². The van der Waals surface area contributed by atoms with Crippen molar-refractivity contribution in [2.45, 2.75) is 13.0 Å². The van der Waals surface area contributed by atoms with Crippen LogP contribution in [0.15, 0.2) is 54.9 Å². The van der Waals surface area contributed by atoms with Crippen molar-refractivity contribution < 1.29 is 9.53 Å². The molecule has 1 aromatic carbocycles. The quantitative estimate of drug-likeness (QED) is 0.527. The highest BCUT2D eigenvalue weighted by Gasteiger charge is 2.30. The molecule has 30 heavy (non-hydrogen) atoms. The summed E-state index contributed by atoms with van der Waals surface area (Å²) in [7, 11) is 1.80. The Hall–Kier alpha value is -3.52. The first-order chi connectivity index (χ1) is 14.6. The summed E-state index contributed by atoms with van der Waals surface area (Å²) in [5, 5.41) is 12.9. The molecule has 1 saturated heterocycles. The van der Waals surface area contributed by atoms with E-state index in [1.165, 1.54) is 5.56 Å². The molecule has 152 valence electrons. The van der Waals surface area contributed by atoms with Crippen LogP contribution >= 0.6 is 0 Å². The SMILES string of the molecule is Cc1ccc(-c2ccc3c(C4CN(C(=O)c5ccn(C)n5)CCO4)nnn3c2)cc1. The lowest BCUT2D eigenvalue weighted by Gasteiger charge is -2.31. The minimum atomic E-state index is -0.325. The van der Waals surface area contributed by atoms with Gasteiger partial charge in [0.25, 0.3) is 5.91 Å². The molecule has 0 bridgehead atoms. The zero-order valence-corrected chi connectivity index (χ0v) is 16.9. The van der Waals surface area contributed by atoms with Crippen molar-refractivity contribution >= 4 is 11.4 Å². The van der Waals surface area contributed by atoms with Gasteiger partial charge in [0, 0.05) is 31.5 Å². The third-order valence-corrected chi connectivity index (χ3v) is 5.42. The number of ether oxygens (including phenoxy) is 1. The molecule has 8 heteroatoms. The molecule has 4 heterocycles. The van der Waals surface area contributed by atoms with Crippen molar-refractivity contribution in [2.24, 2.45) is 7.05 Å². The number of morpholine rings is 1. The monoisotopic (exact) mass is 402 g/mol. The lowest BCUT2D eigenvalue weighted by Crippen LogP contribution is -2.42. The van der Waals surface area contributed by atoms with Crippen LogP contribution < -0.4 is 0 Å². The second-order valence-corrected chi connectivity index (χ2v) is 7.57. The zero-order chi connectivity index (χ0) is 20.7. The number of pyridine rings is 1. The standard InChI is InChI=1S/C22H22N6O2/c1-15-3-5-16(6-4-15)17-7-8-19-21(23-25-28(19)13-17)20-14-27(11-12-30-20)22(29)18-9-10-26(2)24-18/h3-10,13,20H,11-12,14H2,1-2H3. The van der Waals surface area contributed by atoms with Gasteiger partial charge in [0.05, 0.1) is 18.7 Å². The molecule has 4 aromatic rings. The number of hydrogen-bond donors (Lipinski definition) is 0. The summed E-state index contributed by atoms with van der Waals surface area (Å²) in [5.41, 5.74) is 5.47. The van der Waals surface area contributed by atoms with Crippen LogP contribution in [0.1, 0.15) is 27.8 Å². The number of amides is 1. The Bertz CT molecular complexity index is 1210. The third kappa shape index (κ3) is 3.35. The maximum absolute atomic E-state index is 12.8. The van der Waals surface area contributed by atoms with E-state index < -0.39 is 0 Å². The molecule has 1 aliphatic rings. The van der Waals surface area contributed by atoms with Crippen LogP contribution in [0.4, 0.5) is 0 Å². The van der Waals surface area contributed by atoms with Crippen LogP contribution in [0.25, 0.3) is 16.6 Å². The van der Waals surface area contributed by atoms with Crippen molar-refractivity contribution in [3.8, 4) is 11.1 Å². The first kappa shape index (κ1) is 18.5. The van der Waals surface area contributed by atoms with E-state index in [0.717, 1.165) is 22.3 Å². The normalized spacial score (nSPS) is 16.9. The average molecular weight is 402 g/mol. The van der Waals surface area contributed by atoms with Crippen LogP contribution in [0.3, 0.4) is 0 Å². The second kappa shape index (κ2) is 7.38. The van der Waals surface area contributed by atoms with Crippen LogP contribution in [0.2, 0.25) is 0 Å². The Morgan fingerprint density at radius 1 is 1.10 bits per heavy atom. The Morgan fingerprint density at radius 2 is 1.90 bits per heavy atom. The number of carbonyl (C=O) groups is 1. The molecule has 5 rings (SSSR count). The fourth-order valence-corrected chi connectivity index (χ4v) is 3.75. The van der Waals surface area contributed by atoms with Gasteiger partial charge in [-0.05, 0) is 24.6 Å². The molecule has 1 atom stereocenters. The smallest absolute Gasteiger partial charge is 0.274 e. The lowest BCUT2D eigenvalue weighted by atomic mass is 10.1. The van der Waals surface area contributed by atoms with E-state index in [0.29, 0.717) is 25.4 Å². The number of nitrogens with zero attached hydrogens (tertiary/aromatic N) is 6. The van der Waals surface area contributed by atoms with Gasteiger partial charge in [0.2, 0.25) is 0 Å². The second-order valence-electron chi connectivity index (χ2n) is 7.57. The number of rotatable bonds is 3. The third-order valence-electron chi connectivity index (χ3n) is 5.42. The Morgan fingerprint density at radius 3 is 2.67 bits per heavy atom. The van der Waals surface area contributed by atoms with Gasteiger partial charge in [-0.2, -0.15) is 5.10 Å². The number of hydrogen-bond acceptors (Lipinski definition) is 5. The number of carbonyl (C=O) groups excluding carboxylic acids is 1. The largest absolute Gasteiger partial charge is 0.368 e. The highest BCUT2D eigenvalue weighted by atomic mass is 16.5. The molecule has 3 aromatic heterocycles. The maximum atomic E-state index is 12.8. The zero-order valence-electron chi connectivity index (χ0n) is 16.9. The molecule has 0 spiro atoms. The highest BCUT2D eigenvalue weighted by molar-refractivity contribution is 5.92. The molecule has 0 saturated carbocycles.